The van der Waals surface area contributed by atoms with E-state index in [2.05, 4.69) is 5.32 Å². The maximum atomic E-state index is 13.8. The number of benzene rings is 2. The number of hydrogen-bond donors (Lipinski definition) is 1. The van der Waals surface area contributed by atoms with Crippen molar-refractivity contribution in [1.82, 2.24) is 15.1 Å². The number of thiophene rings is 1. The van der Waals surface area contributed by atoms with Gasteiger partial charge in [0.25, 0.3) is 0 Å². The number of hydrogen-bond acceptors (Lipinski definition) is 5. The normalized spacial score (nSPS) is 17.4. The number of aryl methyl sites for hydroxylation is 1. The van der Waals surface area contributed by atoms with Crippen molar-refractivity contribution in [1.29, 1.82) is 0 Å². The van der Waals surface area contributed by atoms with Gasteiger partial charge in [0, 0.05) is 11.6 Å². The van der Waals surface area contributed by atoms with Crippen molar-refractivity contribution in [2.24, 2.45) is 0 Å². The van der Waals surface area contributed by atoms with E-state index in [9.17, 15) is 14.0 Å². The predicted octanol–water partition coefficient (Wildman–Crippen LogP) is 5.50. The van der Waals surface area contributed by atoms with Crippen molar-refractivity contribution in [3.05, 3.63) is 88.6 Å². The molecule has 3 heterocycles. The van der Waals surface area contributed by atoms with Gasteiger partial charge in [0.15, 0.2) is 0 Å². The van der Waals surface area contributed by atoms with E-state index in [0.717, 1.165) is 45.8 Å². The molecule has 6 nitrogen and oxygen atoms in total. The highest BCUT2D eigenvalue weighted by Gasteiger charge is 2.38. The molecule has 2 amide bonds. The lowest BCUT2D eigenvalue weighted by molar-refractivity contribution is -0.123. The van der Waals surface area contributed by atoms with Crippen LogP contribution in [0.3, 0.4) is 0 Å². The molecule has 9 heteroatoms. The van der Waals surface area contributed by atoms with Crippen LogP contribution in [0.15, 0.2) is 66.0 Å². The summed E-state index contributed by atoms with van der Waals surface area (Å²) in [5.74, 6) is 0.119. The summed E-state index contributed by atoms with van der Waals surface area (Å²) in [6.07, 6.45) is 1.94. The molecule has 1 saturated carbocycles. The van der Waals surface area contributed by atoms with Crippen molar-refractivity contribution < 1.29 is 14.0 Å². The van der Waals surface area contributed by atoms with Gasteiger partial charge in [-0.2, -0.15) is 5.10 Å². The number of carbonyl (C=O) groups is 2. The molecule has 1 N–H and O–H groups in total. The summed E-state index contributed by atoms with van der Waals surface area (Å²) in [5.41, 5.74) is 4.40. The molecular formula is C28H25FN4O2S2. The molecule has 0 unspecified atom stereocenters. The summed E-state index contributed by atoms with van der Waals surface area (Å²) in [5, 5.41) is 9.79. The summed E-state index contributed by atoms with van der Waals surface area (Å²) in [7, 11) is 0. The van der Waals surface area contributed by atoms with Crippen LogP contribution >= 0.6 is 23.1 Å². The molecule has 2 aromatic heterocycles. The summed E-state index contributed by atoms with van der Waals surface area (Å²) < 4.78 is 15.6. The van der Waals surface area contributed by atoms with Crippen LogP contribution in [0.25, 0.3) is 16.3 Å². The van der Waals surface area contributed by atoms with Crippen molar-refractivity contribution in [2.75, 3.05) is 17.2 Å². The summed E-state index contributed by atoms with van der Waals surface area (Å²) >= 11 is 3.05. The van der Waals surface area contributed by atoms with E-state index < -0.39 is 0 Å². The molecule has 0 bridgehead atoms. The Hall–Kier alpha value is -3.43. The Kier molecular flexibility index (Phi) is 6.34. The number of fused-ring (bicyclic) bond motifs is 1. The molecular weight excluding hydrogens is 507 g/mol. The lowest BCUT2D eigenvalue weighted by Crippen LogP contribution is -2.43. The monoisotopic (exact) mass is 532 g/mol. The third kappa shape index (κ3) is 4.81. The van der Waals surface area contributed by atoms with Crippen molar-refractivity contribution in [3.63, 3.8) is 0 Å². The zero-order valence-electron chi connectivity index (χ0n) is 20.2. The third-order valence-electron chi connectivity index (χ3n) is 6.54. The number of nitrogens with zero attached hydrogens (tertiary/aromatic N) is 3. The fourth-order valence-corrected chi connectivity index (χ4v) is 6.45. The average molecular weight is 533 g/mol. The maximum Gasteiger partial charge on any atom is 0.240 e. The van der Waals surface area contributed by atoms with E-state index in [-0.39, 0.29) is 41.2 Å². The van der Waals surface area contributed by atoms with Crippen LogP contribution < -0.4 is 10.2 Å². The van der Waals surface area contributed by atoms with Gasteiger partial charge in [-0.05, 0) is 61.0 Å². The van der Waals surface area contributed by atoms with E-state index in [4.69, 9.17) is 5.10 Å². The Balaban J connectivity index is 1.58. The molecule has 0 spiro atoms. The van der Waals surface area contributed by atoms with Gasteiger partial charge in [0.05, 0.1) is 21.6 Å². The van der Waals surface area contributed by atoms with Crippen molar-refractivity contribution in [2.45, 2.75) is 31.1 Å². The van der Waals surface area contributed by atoms with Gasteiger partial charge in [0.1, 0.15) is 23.9 Å². The lowest BCUT2D eigenvalue weighted by atomic mass is 10.0. The molecule has 0 radical (unpaired) electrons. The summed E-state index contributed by atoms with van der Waals surface area (Å²) in [6.45, 7) is 1.93. The van der Waals surface area contributed by atoms with Crippen LogP contribution in [-0.2, 0) is 9.59 Å². The number of anilines is 1. The zero-order valence-corrected chi connectivity index (χ0v) is 21.8. The van der Waals surface area contributed by atoms with E-state index in [1.165, 1.54) is 23.9 Å². The van der Waals surface area contributed by atoms with E-state index in [1.807, 2.05) is 48.7 Å². The standard InChI is InChI=1S/C28H25FN4O2S2/c1-17-4-12-21(13-5-17)33-28-25(26(31-33)22-3-2-14-36-22)27(18-6-8-19(29)9-7-18)37-16-24(35)32(28)15-23(34)30-20-10-11-20/h2-9,12-14,20,27H,10-11,15-16H2,1H3,(H,30,34)/t27-/m1/s1. The van der Waals surface area contributed by atoms with Gasteiger partial charge in [-0.3, -0.25) is 14.5 Å². The smallest absolute Gasteiger partial charge is 0.240 e. The van der Waals surface area contributed by atoms with Crippen LogP contribution in [0, 0.1) is 12.7 Å². The first kappa shape index (κ1) is 23.9. The number of rotatable bonds is 6. The largest absolute Gasteiger partial charge is 0.352 e. The fraction of sp³-hybridized carbons (Fsp3) is 0.250. The average Bonchev–Trinajstić information content (AvgIpc) is 3.41. The highest BCUT2D eigenvalue weighted by molar-refractivity contribution is 8.00. The molecule has 1 aliphatic heterocycles. The Morgan fingerprint density at radius 1 is 1.11 bits per heavy atom. The zero-order chi connectivity index (χ0) is 25.5. The number of carbonyl (C=O) groups excluding carboxylic acids is 2. The summed E-state index contributed by atoms with van der Waals surface area (Å²) in [4.78, 5) is 29.1. The molecule has 188 valence electrons. The van der Waals surface area contributed by atoms with Crippen LogP contribution in [0.2, 0.25) is 0 Å². The van der Waals surface area contributed by atoms with Crippen LogP contribution in [0.5, 0.6) is 0 Å². The first-order valence-corrected chi connectivity index (χ1v) is 14.1. The Bertz CT molecular complexity index is 1440. The quantitative estimate of drug-likeness (QED) is 0.356. The first-order chi connectivity index (χ1) is 18.0. The summed E-state index contributed by atoms with van der Waals surface area (Å²) in [6, 6.07) is 18.5. The highest BCUT2D eigenvalue weighted by atomic mass is 32.2. The predicted molar refractivity (Wildman–Crippen MR) is 146 cm³/mol. The highest BCUT2D eigenvalue weighted by Crippen LogP contribution is 2.49. The second kappa shape index (κ2) is 9.79. The maximum absolute atomic E-state index is 13.8. The molecule has 0 saturated heterocycles. The Morgan fingerprint density at radius 2 is 1.86 bits per heavy atom. The van der Waals surface area contributed by atoms with Crippen LogP contribution in [0.1, 0.15) is 34.8 Å². The van der Waals surface area contributed by atoms with Crippen LogP contribution in [-0.4, -0.2) is 39.9 Å². The SMILES string of the molecule is Cc1ccc(-n2nc(-c3cccs3)c3c2N(CC(=O)NC2CC2)C(=O)CS[C@@H]3c2ccc(F)cc2)cc1. The number of nitrogens with one attached hydrogen (secondary N) is 1. The molecule has 1 fully saturated rings. The minimum Gasteiger partial charge on any atom is -0.352 e. The minimum absolute atomic E-state index is 0.0829. The van der Waals surface area contributed by atoms with Gasteiger partial charge in [-0.25, -0.2) is 9.07 Å². The molecule has 4 aromatic rings. The molecule has 2 aromatic carbocycles. The lowest BCUT2D eigenvalue weighted by Gasteiger charge is -2.23. The number of aromatic nitrogens is 2. The van der Waals surface area contributed by atoms with E-state index in [1.54, 1.807) is 33.1 Å². The molecule has 1 atom stereocenters. The molecule has 6 rings (SSSR count). The Labute approximate surface area is 222 Å². The van der Waals surface area contributed by atoms with Crippen LogP contribution in [0.4, 0.5) is 10.2 Å². The van der Waals surface area contributed by atoms with Crippen molar-refractivity contribution >= 4 is 40.7 Å². The second-order valence-corrected chi connectivity index (χ2v) is 11.4. The number of thioether (sulfide) groups is 1. The van der Waals surface area contributed by atoms with Gasteiger partial charge in [-0.1, -0.05) is 35.9 Å². The molecule has 37 heavy (non-hydrogen) atoms. The van der Waals surface area contributed by atoms with Gasteiger partial charge < -0.3 is 5.32 Å². The van der Waals surface area contributed by atoms with E-state index >= 15 is 0 Å². The third-order valence-corrected chi connectivity index (χ3v) is 8.67. The van der Waals surface area contributed by atoms with Gasteiger partial charge in [0.2, 0.25) is 11.8 Å². The fourth-order valence-electron chi connectivity index (χ4n) is 4.53. The van der Waals surface area contributed by atoms with E-state index in [0.29, 0.717) is 5.82 Å². The Morgan fingerprint density at radius 3 is 2.54 bits per heavy atom. The topological polar surface area (TPSA) is 67.2 Å². The first-order valence-electron chi connectivity index (χ1n) is 12.2. The molecule has 2 aliphatic rings. The molecule has 1 aliphatic carbocycles. The second-order valence-electron chi connectivity index (χ2n) is 9.37. The van der Waals surface area contributed by atoms with Crippen molar-refractivity contribution in [3.8, 4) is 16.3 Å². The minimum atomic E-state index is -0.314. The van der Waals surface area contributed by atoms with Gasteiger partial charge >= 0.3 is 0 Å². The number of halogens is 1. The number of amides is 2. The van der Waals surface area contributed by atoms with Gasteiger partial charge in [-0.15, -0.1) is 23.1 Å².